The lowest BCUT2D eigenvalue weighted by atomic mass is 10.2. The number of nitrogens with one attached hydrogen (secondary N) is 3. The summed E-state index contributed by atoms with van der Waals surface area (Å²) in [6.45, 7) is -0.353. The molecule has 1 amide bonds. The van der Waals surface area contributed by atoms with Crippen LogP contribution in [0.4, 0.5) is 0 Å². The third kappa shape index (κ3) is 11.2. The van der Waals surface area contributed by atoms with E-state index in [9.17, 15) is 23.5 Å². The first kappa shape index (κ1) is 26.8. The van der Waals surface area contributed by atoms with Crippen molar-refractivity contribution < 1.29 is 47.7 Å². The summed E-state index contributed by atoms with van der Waals surface area (Å²) in [5.41, 5.74) is 1.14. The molecule has 3 rings (SSSR count). The smallest absolute Gasteiger partial charge is 0.478 e. The third-order valence-corrected chi connectivity index (χ3v) is 4.59. The van der Waals surface area contributed by atoms with E-state index in [4.69, 9.17) is 24.7 Å². The predicted octanol–water partition coefficient (Wildman–Crippen LogP) is -0.664. The van der Waals surface area contributed by atoms with Gasteiger partial charge in [0.15, 0.2) is 11.2 Å². The van der Waals surface area contributed by atoms with Crippen LogP contribution >= 0.6 is 15.6 Å². The molecule has 0 aliphatic carbocycles. The van der Waals surface area contributed by atoms with Gasteiger partial charge in [0.25, 0.3) is 11.5 Å². The van der Waals surface area contributed by atoms with Crippen molar-refractivity contribution in [2.45, 2.75) is 0 Å². The maximum absolute atomic E-state index is 11.2. The van der Waals surface area contributed by atoms with Gasteiger partial charge in [0.05, 0.1) is 12.7 Å². The van der Waals surface area contributed by atoms with E-state index in [-0.39, 0.29) is 18.0 Å². The Balaban J connectivity index is 0.000000245. The summed E-state index contributed by atoms with van der Waals surface area (Å²) in [6.07, 6.45) is 2.77. The molecule has 0 unspecified atom stereocenters. The molecule has 16 nitrogen and oxygen atoms in total. The number of aliphatic carboxylic acids is 1. The number of carbonyl (C=O) groups excluding carboxylic acids is 1. The second-order valence-corrected chi connectivity index (χ2v) is 7.95. The fourth-order valence-corrected chi connectivity index (χ4v) is 2.88. The van der Waals surface area contributed by atoms with Gasteiger partial charge in [-0.05, 0) is 12.1 Å². The first-order valence-electron chi connectivity index (χ1n) is 8.03. The number of hydrogen-bond donors (Lipinski definition) is 8. The highest BCUT2D eigenvalue weighted by Crippen LogP contribution is 2.53. The molecule has 2 heterocycles. The largest absolute Gasteiger partial charge is 0.480 e. The monoisotopic (exact) mass is 493 g/mol. The van der Waals surface area contributed by atoms with Crippen molar-refractivity contribution in [3.8, 4) is 0 Å². The number of fused-ring (bicyclic) bond motifs is 1. The minimum atomic E-state index is -5.05. The Labute approximate surface area is 177 Å². The van der Waals surface area contributed by atoms with Crippen LogP contribution in [0.3, 0.4) is 0 Å². The number of rotatable bonds is 5. The van der Waals surface area contributed by atoms with E-state index < -0.39 is 21.6 Å². The molecule has 0 aliphatic heterocycles. The zero-order chi connectivity index (χ0) is 24.4. The van der Waals surface area contributed by atoms with Gasteiger partial charge >= 0.3 is 21.6 Å². The molecule has 3 aromatic rings. The zero-order valence-electron chi connectivity index (χ0n) is 15.7. The van der Waals surface area contributed by atoms with Crippen LogP contribution in [0.2, 0.25) is 0 Å². The molecule has 0 bridgehead atoms. The number of nitrogens with zero attached hydrogens (tertiary/aromatic N) is 2. The predicted molar refractivity (Wildman–Crippen MR) is 106 cm³/mol. The number of carboxylic acids is 1. The molecule has 2 aromatic heterocycles. The molecule has 8 N–H and O–H groups in total. The summed E-state index contributed by atoms with van der Waals surface area (Å²) in [5, 5.41) is 10.6. The van der Waals surface area contributed by atoms with Gasteiger partial charge in [-0.3, -0.25) is 14.4 Å². The van der Waals surface area contributed by atoms with Crippen LogP contribution in [-0.4, -0.2) is 63.0 Å². The SMILES string of the molecule is O=C(O)CNC(=O)c1ccccc1.O=P(O)(O)OP(=O)(O)O.O=c1nc[nH]c2nc[nH]c12. The summed E-state index contributed by atoms with van der Waals surface area (Å²) in [5.74, 6) is -1.42. The molecule has 0 fully saturated rings. The lowest BCUT2D eigenvalue weighted by Gasteiger charge is -2.03. The molecule has 18 heteroatoms. The molecule has 0 saturated heterocycles. The van der Waals surface area contributed by atoms with Crippen LogP contribution in [0, 0.1) is 0 Å². The molecule has 32 heavy (non-hydrogen) atoms. The van der Waals surface area contributed by atoms with Gasteiger partial charge in [-0.25, -0.2) is 14.1 Å². The molecule has 0 radical (unpaired) electrons. The van der Waals surface area contributed by atoms with Crippen LogP contribution in [0.15, 0.2) is 47.8 Å². The highest BCUT2D eigenvalue weighted by atomic mass is 31.3. The van der Waals surface area contributed by atoms with Crippen molar-refractivity contribution in [2.75, 3.05) is 6.54 Å². The number of H-pyrrole nitrogens is 2. The van der Waals surface area contributed by atoms with E-state index in [1.165, 1.54) is 12.7 Å². The minimum Gasteiger partial charge on any atom is -0.480 e. The summed E-state index contributed by atoms with van der Waals surface area (Å²) in [6, 6.07) is 8.47. The third-order valence-electron chi connectivity index (χ3n) is 2.89. The first-order valence-corrected chi connectivity index (χ1v) is 11.1. The fraction of sp³-hybridized carbons (Fsp3) is 0.0714. The average molecular weight is 493 g/mol. The Morgan fingerprint density at radius 2 is 1.53 bits per heavy atom. The number of carbonyl (C=O) groups is 2. The van der Waals surface area contributed by atoms with Gasteiger partial charge < -0.3 is 40.0 Å². The van der Waals surface area contributed by atoms with Crippen molar-refractivity contribution >= 4 is 38.7 Å². The Morgan fingerprint density at radius 3 is 2.00 bits per heavy atom. The fourth-order valence-electron chi connectivity index (χ4n) is 1.77. The molecular formula is C14H17N5O11P2. The van der Waals surface area contributed by atoms with Gasteiger partial charge in [-0.1, -0.05) is 18.2 Å². The van der Waals surface area contributed by atoms with Crippen molar-refractivity contribution in [1.82, 2.24) is 25.3 Å². The number of imidazole rings is 1. The number of carboxylic acid groups (broad SMARTS) is 1. The number of aromatic amines is 2. The van der Waals surface area contributed by atoms with Crippen LogP contribution in [0.25, 0.3) is 11.2 Å². The lowest BCUT2D eigenvalue weighted by Crippen LogP contribution is -2.29. The summed E-state index contributed by atoms with van der Waals surface area (Å²) in [7, 11) is -10.1. The Morgan fingerprint density at radius 1 is 0.969 bits per heavy atom. The summed E-state index contributed by atoms with van der Waals surface area (Å²) in [4.78, 5) is 75.8. The standard InChI is InChI=1S/C9H9NO3.C5H4N4O.H4O7P2/c11-8(12)6-10-9(13)7-4-2-1-3-5-7;10-5-3-4(7-1-6-3)8-2-9-5;1-8(2,3)7-9(4,5)6/h1-5H,6H2,(H,10,13)(H,11,12);1-2H,(H2,6,7,8,9,10);(H2,1,2,3)(H2,4,5,6). The maximum atomic E-state index is 11.2. The van der Waals surface area contributed by atoms with Crippen molar-refractivity contribution in [1.29, 1.82) is 0 Å². The van der Waals surface area contributed by atoms with Crippen molar-refractivity contribution in [2.24, 2.45) is 0 Å². The van der Waals surface area contributed by atoms with Crippen LogP contribution in [0.1, 0.15) is 10.4 Å². The van der Waals surface area contributed by atoms with E-state index in [1.807, 2.05) is 0 Å². The van der Waals surface area contributed by atoms with Gasteiger partial charge in [-0.2, -0.15) is 9.29 Å². The highest BCUT2D eigenvalue weighted by Gasteiger charge is 2.27. The van der Waals surface area contributed by atoms with E-state index in [0.717, 1.165) is 0 Å². The van der Waals surface area contributed by atoms with E-state index in [2.05, 4.69) is 29.6 Å². The highest BCUT2D eigenvalue weighted by molar-refractivity contribution is 7.60. The molecule has 0 aliphatic rings. The van der Waals surface area contributed by atoms with Crippen LogP contribution in [-0.2, 0) is 18.2 Å². The van der Waals surface area contributed by atoms with Crippen molar-refractivity contribution in [3.63, 3.8) is 0 Å². The number of phosphoric acid groups is 2. The molecule has 0 spiro atoms. The normalized spacial score (nSPS) is 10.9. The van der Waals surface area contributed by atoms with E-state index in [1.54, 1.807) is 30.3 Å². The van der Waals surface area contributed by atoms with Crippen LogP contribution in [0.5, 0.6) is 0 Å². The Hall–Kier alpha value is -3.23. The Bertz CT molecular complexity index is 1160. The van der Waals surface area contributed by atoms with Crippen LogP contribution < -0.4 is 10.9 Å². The second kappa shape index (κ2) is 12.0. The Kier molecular flexibility index (Phi) is 10.0. The number of amides is 1. The quantitative estimate of drug-likeness (QED) is 0.205. The number of hydrogen-bond acceptors (Lipinski definition) is 8. The average Bonchev–Trinajstić information content (AvgIpc) is 3.15. The van der Waals surface area contributed by atoms with Gasteiger partial charge in [0.2, 0.25) is 0 Å². The molecule has 1 aromatic carbocycles. The maximum Gasteiger partial charge on any atom is 0.478 e. The van der Waals surface area contributed by atoms with E-state index in [0.29, 0.717) is 16.7 Å². The number of benzene rings is 1. The molecular weight excluding hydrogens is 476 g/mol. The molecule has 0 saturated carbocycles. The molecule has 0 atom stereocenters. The van der Waals surface area contributed by atoms with Gasteiger partial charge in [0, 0.05) is 5.56 Å². The lowest BCUT2D eigenvalue weighted by molar-refractivity contribution is -0.135. The summed E-state index contributed by atoms with van der Waals surface area (Å²) >= 11 is 0. The van der Waals surface area contributed by atoms with Gasteiger partial charge in [-0.15, -0.1) is 0 Å². The molecule has 174 valence electrons. The minimum absolute atomic E-state index is 0.286. The topological polar surface area (TPSA) is 265 Å². The first-order chi connectivity index (χ1) is 14.8. The summed E-state index contributed by atoms with van der Waals surface area (Å²) < 4.78 is 22.2. The van der Waals surface area contributed by atoms with Crippen molar-refractivity contribution in [3.05, 3.63) is 58.9 Å². The van der Waals surface area contributed by atoms with E-state index >= 15 is 0 Å². The van der Waals surface area contributed by atoms with Gasteiger partial charge in [0.1, 0.15) is 6.54 Å². The zero-order valence-corrected chi connectivity index (χ0v) is 17.5. The number of aromatic nitrogens is 4. The second-order valence-electron chi connectivity index (χ2n) is 5.34.